The van der Waals surface area contributed by atoms with Gasteiger partial charge in [-0.1, -0.05) is 36.1 Å². The maximum Gasteiger partial charge on any atom is 0.266 e. The summed E-state index contributed by atoms with van der Waals surface area (Å²) < 4.78 is 24.8. The minimum Gasteiger partial charge on any atom is -0.293 e. The van der Waals surface area contributed by atoms with Crippen LogP contribution in [0.15, 0.2) is 40.3 Å². The Balaban J connectivity index is 1.70. The normalized spacial score (nSPS) is 16.6. The van der Waals surface area contributed by atoms with Gasteiger partial charge in [0.15, 0.2) is 0 Å². The number of sulfonamides is 1. The van der Waals surface area contributed by atoms with Crippen molar-refractivity contribution in [3.05, 3.63) is 52.2 Å². The molecule has 0 spiro atoms. The van der Waals surface area contributed by atoms with E-state index in [1.807, 2.05) is 26.2 Å². The number of hydrogen-bond donors (Lipinski definition) is 1. The van der Waals surface area contributed by atoms with Gasteiger partial charge in [0.1, 0.15) is 4.32 Å². The zero-order valence-corrected chi connectivity index (χ0v) is 17.2. The lowest BCUT2D eigenvalue weighted by atomic mass is 10.1. The first-order chi connectivity index (χ1) is 12.6. The van der Waals surface area contributed by atoms with Crippen LogP contribution in [0.4, 0.5) is 0 Å². The third-order valence-corrected chi connectivity index (χ3v) is 6.39. The van der Waals surface area contributed by atoms with Gasteiger partial charge in [0.25, 0.3) is 5.91 Å². The van der Waals surface area contributed by atoms with Crippen LogP contribution in [0.2, 0.25) is 0 Å². The molecule has 1 aliphatic heterocycles. The molecule has 2 N–H and O–H groups in total. The number of amides is 1. The van der Waals surface area contributed by atoms with Gasteiger partial charge in [-0.3, -0.25) is 14.4 Å². The largest absolute Gasteiger partial charge is 0.293 e. The van der Waals surface area contributed by atoms with Crippen LogP contribution in [0.5, 0.6) is 0 Å². The average Bonchev–Trinajstić information content (AvgIpc) is 3.04. The average molecular weight is 423 g/mol. The molecule has 1 amide bonds. The van der Waals surface area contributed by atoms with Crippen molar-refractivity contribution in [2.45, 2.75) is 18.2 Å². The van der Waals surface area contributed by atoms with E-state index in [1.54, 1.807) is 21.7 Å². The van der Waals surface area contributed by atoms with Gasteiger partial charge in [-0.2, -0.15) is 5.10 Å². The number of benzene rings is 1. The molecule has 0 unspecified atom stereocenters. The van der Waals surface area contributed by atoms with E-state index in [-0.39, 0.29) is 10.8 Å². The molecule has 2 heterocycles. The molecule has 3 rings (SSSR count). The Labute approximate surface area is 167 Å². The number of hydrogen-bond acceptors (Lipinski definition) is 6. The zero-order chi connectivity index (χ0) is 19.8. The highest BCUT2D eigenvalue weighted by molar-refractivity contribution is 8.26. The molecule has 1 saturated heterocycles. The quantitative estimate of drug-likeness (QED) is 0.583. The number of thiocarbonyl (C=S) groups is 1. The van der Waals surface area contributed by atoms with Gasteiger partial charge < -0.3 is 0 Å². The van der Waals surface area contributed by atoms with Gasteiger partial charge in [-0.25, -0.2) is 13.6 Å². The topological polar surface area (TPSA) is 98.3 Å². The van der Waals surface area contributed by atoms with E-state index in [0.29, 0.717) is 22.2 Å². The summed E-state index contributed by atoms with van der Waals surface area (Å²) >= 11 is 6.62. The smallest absolute Gasteiger partial charge is 0.266 e. The highest BCUT2D eigenvalue weighted by Crippen LogP contribution is 2.33. The minimum absolute atomic E-state index is 0.0617. The number of carbonyl (C=O) groups is 1. The lowest BCUT2D eigenvalue weighted by Crippen LogP contribution is -2.30. The summed E-state index contributed by atoms with van der Waals surface area (Å²) in [6.07, 6.45) is 4.22. The fourth-order valence-corrected chi connectivity index (χ4v) is 4.50. The third kappa shape index (κ3) is 4.46. The van der Waals surface area contributed by atoms with Crippen molar-refractivity contribution < 1.29 is 13.2 Å². The molecule has 27 heavy (non-hydrogen) atoms. The summed E-state index contributed by atoms with van der Waals surface area (Å²) in [5.41, 5.74) is 2.62. The number of thioether (sulfide) groups is 1. The van der Waals surface area contributed by atoms with Crippen molar-refractivity contribution in [2.24, 2.45) is 12.2 Å². The van der Waals surface area contributed by atoms with Crippen LogP contribution < -0.4 is 5.14 Å². The second-order valence-electron chi connectivity index (χ2n) is 6.12. The summed E-state index contributed by atoms with van der Waals surface area (Å²) in [5, 5.41) is 9.36. The molecule has 0 atom stereocenters. The fourth-order valence-electron chi connectivity index (χ4n) is 2.68. The molecular formula is C17H18N4O3S3. The van der Waals surface area contributed by atoms with Gasteiger partial charge in [-0.15, -0.1) is 0 Å². The summed E-state index contributed by atoms with van der Waals surface area (Å²) in [7, 11) is -1.88. The van der Waals surface area contributed by atoms with Crippen molar-refractivity contribution >= 4 is 50.3 Å². The molecule has 142 valence electrons. The molecule has 1 aromatic carbocycles. The van der Waals surface area contributed by atoms with Gasteiger partial charge in [0, 0.05) is 25.4 Å². The molecule has 2 aromatic rings. The van der Waals surface area contributed by atoms with Crippen LogP contribution in [0.3, 0.4) is 0 Å². The molecular weight excluding hydrogens is 404 g/mol. The first kappa shape index (κ1) is 19.7. The molecule has 1 aromatic heterocycles. The Morgan fingerprint density at radius 3 is 2.52 bits per heavy atom. The highest BCUT2D eigenvalue weighted by Gasteiger charge is 2.31. The Hall–Kier alpha value is -2.01. The van der Waals surface area contributed by atoms with Crippen LogP contribution in [0.25, 0.3) is 6.08 Å². The first-order valence-corrected chi connectivity index (χ1v) is 10.8. The van der Waals surface area contributed by atoms with E-state index in [0.717, 1.165) is 16.8 Å². The Morgan fingerprint density at radius 1 is 1.30 bits per heavy atom. The first-order valence-electron chi connectivity index (χ1n) is 8.02. The fraction of sp³-hybridized carbons (Fsp3) is 0.235. The van der Waals surface area contributed by atoms with Gasteiger partial charge in [0.2, 0.25) is 10.0 Å². The second-order valence-corrected chi connectivity index (χ2v) is 9.35. The zero-order valence-electron chi connectivity index (χ0n) is 14.7. The number of primary sulfonamides is 1. The summed E-state index contributed by atoms with van der Waals surface area (Å²) in [6.45, 7) is 2.31. The number of rotatable bonds is 5. The van der Waals surface area contributed by atoms with E-state index in [9.17, 15) is 13.2 Å². The summed E-state index contributed by atoms with van der Waals surface area (Å²) in [5.74, 6) is -0.130. The molecule has 0 saturated carbocycles. The lowest BCUT2D eigenvalue weighted by Gasteiger charge is -2.14. The lowest BCUT2D eigenvalue weighted by molar-refractivity contribution is -0.122. The molecule has 1 fully saturated rings. The SMILES string of the molecule is Cc1nn(C)cc1C=C1SC(=S)N(CCc2ccc(S(N)(=O)=O)cc2)C1=O. The van der Waals surface area contributed by atoms with Crippen molar-refractivity contribution in [1.82, 2.24) is 14.7 Å². The van der Waals surface area contributed by atoms with E-state index in [1.165, 1.54) is 23.9 Å². The molecule has 0 aliphatic carbocycles. The third-order valence-electron chi connectivity index (χ3n) is 4.09. The Morgan fingerprint density at radius 2 is 1.96 bits per heavy atom. The molecule has 7 nitrogen and oxygen atoms in total. The van der Waals surface area contributed by atoms with Crippen LogP contribution in [-0.4, -0.2) is 39.9 Å². The Bertz CT molecular complexity index is 1040. The van der Waals surface area contributed by atoms with Crippen LogP contribution in [0, 0.1) is 6.92 Å². The van der Waals surface area contributed by atoms with Crippen molar-refractivity contribution in [3.63, 3.8) is 0 Å². The monoisotopic (exact) mass is 422 g/mol. The maximum absolute atomic E-state index is 12.7. The molecule has 0 radical (unpaired) electrons. The van der Waals surface area contributed by atoms with Gasteiger partial charge in [0.05, 0.1) is 15.5 Å². The number of nitrogens with two attached hydrogens (primary N) is 1. The molecule has 1 aliphatic rings. The predicted octanol–water partition coefficient (Wildman–Crippen LogP) is 1.82. The number of aromatic nitrogens is 2. The van der Waals surface area contributed by atoms with Crippen LogP contribution in [-0.2, 0) is 28.3 Å². The van der Waals surface area contributed by atoms with Crippen LogP contribution in [0.1, 0.15) is 16.8 Å². The van der Waals surface area contributed by atoms with E-state index in [4.69, 9.17) is 17.4 Å². The second kappa shape index (κ2) is 7.55. The van der Waals surface area contributed by atoms with Gasteiger partial charge >= 0.3 is 0 Å². The van der Waals surface area contributed by atoms with Crippen molar-refractivity contribution in [1.29, 1.82) is 0 Å². The van der Waals surface area contributed by atoms with E-state index < -0.39 is 10.0 Å². The standard InChI is InChI=1S/C17H18N4O3S3/c1-11-13(10-20(2)19-11)9-15-16(22)21(17(25)26-15)8-7-12-3-5-14(6-4-12)27(18,23)24/h3-6,9-10H,7-8H2,1-2H3,(H2,18,23,24). The molecule has 10 heteroatoms. The number of aryl methyl sites for hydroxylation is 2. The predicted molar refractivity (Wildman–Crippen MR) is 109 cm³/mol. The Kier molecular flexibility index (Phi) is 5.52. The van der Waals surface area contributed by atoms with Crippen LogP contribution >= 0.6 is 24.0 Å². The number of carbonyl (C=O) groups excluding carboxylic acids is 1. The summed E-state index contributed by atoms with van der Waals surface area (Å²) in [6, 6.07) is 6.29. The number of nitrogens with zero attached hydrogens (tertiary/aromatic N) is 3. The van der Waals surface area contributed by atoms with Gasteiger partial charge in [-0.05, 0) is 37.1 Å². The van der Waals surface area contributed by atoms with E-state index in [2.05, 4.69) is 5.10 Å². The molecule has 0 bridgehead atoms. The summed E-state index contributed by atoms with van der Waals surface area (Å²) in [4.78, 5) is 14.9. The van der Waals surface area contributed by atoms with Crippen molar-refractivity contribution in [2.75, 3.05) is 6.54 Å². The van der Waals surface area contributed by atoms with E-state index >= 15 is 0 Å². The maximum atomic E-state index is 12.7. The van der Waals surface area contributed by atoms with Crippen molar-refractivity contribution in [3.8, 4) is 0 Å². The minimum atomic E-state index is -3.71. The highest BCUT2D eigenvalue weighted by atomic mass is 32.2.